The van der Waals surface area contributed by atoms with Crippen molar-refractivity contribution in [2.24, 2.45) is 0 Å². The van der Waals surface area contributed by atoms with E-state index in [0.29, 0.717) is 0 Å². The molecule has 0 radical (unpaired) electrons. The zero-order chi connectivity index (χ0) is 9.38. The molecule has 0 amide bonds. The molecule has 0 aliphatic rings. The van der Waals surface area contributed by atoms with Gasteiger partial charge in [0.2, 0.25) is 0 Å². The van der Waals surface area contributed by atoms with Crippen LogP contribution in [0.5, 0.6) is 0 Å². The van der Waals surface area contributed by atoms with Crippen molar-refractivity contribution in [2.45, 2.75) is 0 Å². The fraction of sp³-hybridized carbons (Fsp3) is 0. The van der Waals surface area contributed by atoms with Gasteiger partial charge >= 0.3 is 10.1 Å². The molecule has 0 unspecified atom stereocenters. The Balaban J connectivity index is 0.000000853. The molecule has 0 N–H and O–H groups in total. The Kier molecular flexibility index (Phi) is 2.49. The Labute approximate surface area is 92.0 Å². The maximum Gasteiger partial charge on any atom is 0.0780 e. The van der Waals surface area contributed by atoms with E-state index >= 15 is 0 Å². The largest absolute Gasteiger partial charge is 0.256 e. The van der Waals surface area contributed by atoms with E-state index in [4.69, 9.17) is 0 Å². The SMILES string of the molecule is [BeH2].c1ccc2c(c1)ccc1cccnc12. The minimum atomic E-state index is 0. The zero-order valence-corrected chi connectivity index (χ0v) is 7.64. The van der Waals surface area contributed by atoms with Crippen LogP contribution in [0.3, 0.4) is 0 Å². The number of rotatable bonds is 0. The number of fused-ring (bicyclic) bond motifs is 3. The van der Waals surface area contributed by atoms with Gasteiger partial charge in [0.05, 0.1) is 5.52 Å². The Morgan fingerprint density at radius 2 is 1.47 bits per heavy atom. The molecule has 0 saturated carbocycles. The van der Waals surface area contributed by atoms with Gasteiger partial charge in [0.1, 0.15) is 0 Å². The van der Waals surface area contributed by atoms with Crippen LogP contribution in [-0.4, -0.2) is 15.1 Å². The average Bonchev–Trinajstić information content (AvgIpc) is 2.29. The van der Waals surface area contributed by atoms with Crippen molar-refractivity contribution >= 4 is 31.8 Å². The minimum Gasteiger partial charge on any atom is -0.256 e. The molecule has 0 spiro atoms. The van der Waals surface area contributed by atoms with Crippen molar-refractivity contribution in [2.75, 3.05) is 0 Å². The fourth-order valence-corrected chi connectivity index (χ4v) is 1.81. The molecule has 0 bridgehead atoms. The van der Waals surface area contributed by atoms with Crippen LogP contribution in [0, 0.1) is 0 Å². The fourth-order valence-electron chi connectivity index (χ4n) is 1.81. The second kappa shape index (κ2) is 3.80. The molecule has 1 aromatic heterocycles. The van der Waals surface area contributed by atoms with Gasteiger partial charge in [0.15, 0.2) is 0 Å². The normalized spacial score (nSPS) is 10.1. The van der Waals surface area contributed by atoms with Gasteiger partial charge in [-0.3, -0.25) is 4.98 Å². The van der Waals surface area contributed by atoms with E-state index < -0.39 is 0 Å². The van der Waals surface area contributed by atoms with Crippen LogP contribution in [0.15, 0.2) is 54.7 Å². The van der Waals surface area contributed by atoms with Gasteiger partial charge in [-0.05, 0) is 11.5 Å². The maximum absolute atomic E-state index is 4.41. The molecule has 70 valence electrons. The summed E-state index contributed by atoms with van der Waals surface area (Å²) in [4.78, 5) is 4.41. The third-order valence-electron chi connectivity index (χ3n) is 2.50. The molecule has 2 aromatic carbocycles. The van der Waals surface area contributed by atoms with E-state index in [1.165, 1.54) is 16.2 Å². The van der Waals surface area contributed by atoms with Crippen molar-refractivity contribution < 1.29 is 0 Å². The molecule has 3 rings (SSSR count). The first-order valence-electron chi connectivity index (χ1n) is 4.68. The Morgan fingerprint density at radius 1 is 0.733 bits per heavy atom. The first kappa shape index (κ1) is 9.82. The number of benzene rings is 2. The summed E-state index contributed by atoms with van der Waals surface area (Å²) < 4.78 is 0. The van der Waals surface area contributed by atoms with E-state index in [2.05, 4.69) is 47.4 Å². The predicted octanol–water partition coefficient (Wildman–Crippen LogP) is 2.47. The summed E-state index contributed by atoms with van der Waals surface area (Å²) >= 11 is 0. The Morgan fingerprint density at radius 3 is 2.40 bits per heavy atom. The predicted molar refractivity (Wildman–Crippen MR) is 67.8 cm³/mol. The summed E-state index contributed by atoms with van der Waals surface area (Å²) in [6.45, 7) is 0. The van der Waals surface area contributed by atoms with Gasteiger partial charge in [-0.15, -0.1) is 0 Å². The second-order valence-electron chi connectivity index (χ2n) is 3.36. The Hall–Kier alpha value is -1.72. The quantitative estimate of drug-likeness (QED) is 0.392. The Bertz CT molecular complexity index is 550. The number of hydrogen-bond donors (Lipinski definition) is 0. The molecular weight excluding hydrogens is 179 g/mol. The van der Waals surface area contributed by atoms with Gasteiger partial charge in [-0.2, -0.15) is 0 Å². The van der Waals surface area contributed by atoms with E-state index in [1.807, 2.05) is 12.3 Å². The first-order valence-corrected chi connectivity index (χ1v) is 4.68. The summed E-state index contributed by atoms with van der Waals surface area (Å²) in [5, 5.41) is 3.68. The van der Waals surface area contributed by atoms with E-state index in [-0.39, 0.29) is 10.1 Å². The van der Waals surface area contributed by atoms with E-state index in [1.54, 1.807) is 0 Å². The number of hydrogen-bond acceptors (Lipinski definition) is 1. The molecule has 0 atom stereocenters. The maximum atomic E-state index is 4.41. The summed E-state index contributed by atoms with van der Waals surface area (Å²) in [5.74, 6) is 0. The van der Waals surface area contributed by atoms with Crippen LogP contribution >= 0.6 is 0 Å². The molecule has 15 heavy (non-hydrogen) atoms. The third-order valence-corrected chi connectivity index (χ3v) is 2.50. The second-order valence-corrected chi connectivity index (χ2v) is 3.36. The molecule has 2 heteroatoms. The topological polar surface area (TPSA) is 12.9 Å². The molecule has 0 saturated heterocycles. The van der Waals surface area contributed by atoms with Gasteiger partial charge < -0.3 is 0 Å². The summed E-state index contributed by atoms with van der Waals surface area (Å²) in [6, 6.07) is 16.7. The van der Waals surface area contributed by atoms with Crippen molar-refractivity contribution in [3.05, 3.63) is 54.7 Å². The van der Waals surface area contributed by atoms with Gasteiger partial charge in [0, 0.05) is 17.0 Å². The smallest absolute Gasteiger partial charge is 0.0780 e. The number of pyridine rings is 1. The first-order chi connectivity index (χ1) is 6.95. The van der Waals surface area contributed by atoms with Crippen molar-refractivity contribution in [3.8, 4) is 0 Å². The molecular formula is C13H11BeN. The standard InChI is InChI=1S/C13H9N.Be.2H/c1-2-6-12-10(4-1)7-8-11-5-3-9-14-13(11)12;;;/h1-9H;;;. The number of aromatic nitrogens is 1. The minimum absolute atomic E-state index is 0. The van der Waals surface area contributed by atoms with Crippen LogP contribution in [-0.2, 0) is 0 Å². The molecule has 1 heterocycles. The monoisotopic (exact) mass is 190 g/mol. The molecule has 0 aliphatic heterocycles. The van der Waals surface area contributed by atoms with Crippen molar-refractivity contribution in [1.82, 2.24) is 4.98 Å². The van der Waals surface area contributed by atoms with Crippen LogP contribution < -0.4 is 0 Å². The van der Waals surface area contributed by atoms with Gasteiger partial charge in [0.25, 0.3) is 0 Å². The third kappa shape index (κ3) is 1.51. The van der Waals surface area contributed by atoms with E-state index in [0.717, 1.165) is 5.52 Å². The van der Waals surface area contributed by atoms with Gasteiger partial charge in [-0.1, -0.05) is 42.5 Å². The van der Waals surface area contributed by atoms with Crippen LogP contribution in [0.4, 0.5) is 0 Å². The summed E-state index contributed by atoms with van der Waals surface area (Å²) in [5.41, 5.74) is 1.09. The molecule has 1 nitrogen and oxygen atoms in total. The molecule has 0 fully saturated rings. The molecule has 0 aliphatic carbocycles. The van der Waals surface area contributed by atoms with Crippen molar-refractivity contribution in [3.63, 3.8) is 0 Å². The van der Waals surface area contributed by atoms with E-state index in [9.17, 15) is 0 Å². The average molecular weight is 190 g/mol. The summed E-state index contributed by atoms with van der Waals surface area (Å²) in [7, 11) is 0. The molecule has 3 aromatic rings. The van der Waals surface area contributed by atoms with Gasteiger partial charge in [-0.25, -0.2) is 0 Å². The van der Waals surface area contributed by atoms with Crippen molar-refractivity contribution in [1.29, 1.82) is 0 Å². The zero-order valence-electron chi connectivity index (χ0n) is 7.64. The summed E-state index contributed by atoms with van der Waals surface area (Å²) in [6.07, 6.45) is 1.84. The number of nitrogens with zero attached hydrogens (tertiary/aromatic N) is 1. The van der Waals surface area contributed by atoms with Crippen LogP contribution in [0.2, 0.25) is 0 Å². The van der Waals surface area contributed by atoms with Crippen LogP contribution in [0.25, 0.3) is 21.7 Å². The van der Waals surface area contributed by atoms with Crippen LogP contribution in [0.1, 0.15) is 0 Å².